The Morgan fingerprint density at radius 1 is 1.11 bits per heavy atom. The van der Waals surface area contributed by atoms with Crippen LogP contribution in [0.25, 0.3) is 0 Å². The molecule has 2 fully saturated rings. The molecule has 4 nitrogen and oxygen atoms in total. The van der Waals surface area contributed by atoms with Crippen molar-refractivity contribution in [3.63, 3.8) is 0 Å². The minimum Gasteiger partial charge on any atom is -0.339 e. The molecule has 0 aromatic rings. The van der Waals surface area contributed by atoms with E-state index < -0.39 is 16.0 Å². The third kappa shape index (κ3) is 4.44. The van der Waals surface area contributed by atoms with E-state index >= 15 is 0 Å². The lowest BCUT2D eigenvalue weighted by molar-refractivity contribution is -0.130. The maximum Gasteiger partial charge on any atom is 0.302 e. The van der Waals surface area contributed by atoms with E-state index in [2.05, 4.69) is 0 Å². The molecule has 0 radical (unpaired) electrons. The number of carbonyl (C=O) groups excluding carboxylic acids is 1. The van der Waals surface area contributed by atoms with Crippen molar-refractivity contribution in [2.24, 2.45) is 5.92 Å². The average molecular weight is 291 g/mol. The molecule has 110 valence electrons. The SMILES string of the molecule is O=C1CC(CS(=O)(=O)F)CN1C1CCCCCCC1. The predicted molar refractivity (Wildman–Crippen MR) is 70.8 cm³/mol. The monoisotopic (exact) mass is 291 g/mol. The third-order valence-electron chi connectivity index (χ3n) is 4.19. The Kier molecular flexibility index (Phi) is 4.81. The van der Waals surface area contributed by atoms with Crippen LogP contribution in [-0.4, -0.2) is 37.6 Å². The Morgan fingerprint density at radius 3 is 2.26 bits per heavy atom. The highest BCUT2D eigenvalue weighted by atomic mass is 32.3. The Labute approximate surface area is 114 Å². The highest BCUT2D eigenvalue weighted by Gasteiger charge is 2.36. The molecule has 0 spiro atoms. The van der Waals surface area contributed by atoms with Gasteiger partial charge >= 0.3 is 10.2 Å². The molecule has 1 aliphatic heterocycles. The van der Waals surface area contributed by atoms with Crippen LogP contribution in [0.5, 0.6) is 0 Å². The summed E-state index contributed by atoms with van der Waals surface area (Å²) in [5.74, 6) is -0.880. The maximum atomic E-state index is 12.7. The van der Waals surface area contributed by atoms with E-state index in [1.165, 1.54) is 19.3 Å². The molecule has 0 aromatic carbocycles. The second kappa shape index (κ2) is 6.20. The van der Waals surface area contributed by atoms with Gasteiger partial charge in [0.1, 0.15) is 0 Å². The van der Waals surface area contributed by atoms with Crippen LogP contribution in [0.3, 0.4) is 0 Å². The number of halogens is 1. The van der Waals surface area contributed by atoms with Gasteiger partial charge in [0.2, 0.25) is 5.91 Å². The van der Waals surface area contributed by atoms with Crippen LogP contribution in [0.4, 0.5) is 3.89 Å². The Morgan fingerprint density at radius 2 is 1.68 bits per heavy atom. The molecular formula is C13H22FNO3S. The van der Waals surface area contributed by atoms with Gasteiger partial charge in [-0.2, -0.15) is 8.42 Å². The van der Waals surface area contributed by atoms with E-state index in [1.54, 1.807) is 4.90 Å². The summed E-state index contributed by atoms with van der Waals surface area (Å²) in [6, 6.07) is 0.236. The van der Waals surface area contributed by atoms with Crippen LogP contribution in [0.1, 0.15) is 51.4 Å². The fourth-order valence-corrected chi connectivity index (χ4v) is 4.09. The molecule has 2 aliphatic rings. The summed E-state index contributed by atoms with van der Waals surface area (Å²) in [6.07, 6.45) is 8.12. The van der Waals surface area contributed by atoms with Crippen molar-refractivity contribution in [1.29, 1.82) is 0 Å². The molecule has 0 N–H and O–H groups in total. The standard InChI is InChI=1S/C13H22FNO3S/c14-19(17,18)10-11-8-13(16)15(9-11)12-6-4-2-1-3-5-7-12/h11-12H,1-10H2. The molecule has 1 amide bonds. The molecule has 1 atom stereocenters. The van der Waals surface area contributed by atoms with Crippen molar-refractivity contribution in [1.82, 2.24) is 4.90 Å². The maximum absolute atomic E-state index is 12.7. The van der Waals surface area contributed by atoms with Crippen LogP contribution in [0.2, 0.25) is 0 Å². The molecular weight excluding hydrogens is 269 g/mol. The summed E-state index contributed by atoms with van der Waals surface area (Å²) in [5, 5.41) is 0. The molecule has 2 rings (SSSR count). The van der Waals surface area contributed by atoms with Gasteiger partial charge in [-0.05, 0) is 12.8 Å². The second-order valence-corrected chi connectivity index (χ2v) is 7.23. The lowest BCUT2D eigenvalue weighted by atomic mass is 9.96. The van der Waals surface area contributed by atoms with E-state index in [1.807, 2.05) is 0 Å². The number of carbonyl (C=O) groups is 1. The van der Waals surface area contributed by atoms with Gasteiger partial charge in [-0.25, -0.2) is 0 Å². The van der Waals surface area contributed by atoms with E-state index in [0.717, 1.165) is 25.7 Å². The summed E-state index contributed by atoms with van der Waals surface area (Å²) in [7, 11) is -4.48. The molecule has 0 bridgehead atoms. The van der Waals surface area contributed by atoms with Crippen LogP contribution in [-0.2, 0) is 15.0 Å². The van der Waals surface area contributed by atoms with Gasteiger partial charge in [0.05, 0.1) is 5.75 Å². The molecule has 1 saturated carbocycles. The molecule has 1 saturated heterocycles. The highest BCUT2D eigenvalue weighted by molar-refractivity contribution is 7.86. The van der Waals surface area contributed by atoms with Crippen LogP contribution < -0.4 is 0 Å². The normalized spacial score (nSPS) is 27.3. The van der Waals surface area contributed by atoms with Crippen LogP contribution >= 0.6 is 0 Å². The first kappa shape index (κ1) is 14.8. The van der Waals surface area contributed by atoms with E-state index in [9.17, 15) is 17.1 Å². The molecule has 1 aliphatic carbocycles. The zero-order valence-electron chi connectivity index (χ0n) is 11.2. The Bertz CT molecular complexity index is 416. The summed E-state index contributed by atoms with van der Waals surface area (Å²) >= 11 is 0. The second-order valence-electron chi connectivity index (χ2n) is 5.82. The highest BCUT2D eigenvalue weighted by Crippen LogP contribution is 2.28. The van der Waals surface area contributed by atoms with Crippen LogP contribution in [0.15, 0.2) is 0 Å². The topological polar surface area (TPSA) is 54.5 Å². The first-order valence-corrected chi connectivity index (χ1v) is 8.73. The van der Waals surface area contributed by atoms with E-state index in [-0.39, 0.29) is 24.3 Å². The van der Waals surface area contributed by atoms with Crippen molar-refractivity contribution in [2.45, 2.75) is 57.4 Å². The Balaban J connectivity index is 1.94. The molecule has 19 heavy (non-hydrogen) atoms. The lowest BCUT2D eigenvalue weighted by Gasteiger charge is -2.29. The van der Waals surface area contributed by atoms with Crippen molar-refractivity contribution in [3.05, 3.63) is 0 Å². The van der Waals surface area contributed by atoms with Gasteiger partial charge in [0, 0.05) is 24.9 Å². The van der Waals surface area contributed by atoms with Crippen molar-refractivity contribution in [2.75, 3.05) is 12.3 Å². The average Bonchev–Trinajstić information content (AvgIpc) is 2.56. The van der Waals surface area contributed by atoms with Gasteiger partial charge in [0.15, 0.2) is 0 Å². The molecule has 0 aromatic heterocycles. The first-order chi connectivity index (χ1) is 8.96. The van der Waals surface area contributed by atoms with Gasteiger partial charge in [-0.3, -0.25) is 4.79 Å². The predicted octanol–water partition coefficient (Wildman–Crippen LogP) is 2.25. The number of amides is 1. The van der Waals surface area contributed by atoms with E-state index in [0.29, 0.717) is 6.54 Å². The zero-order valence-corrected chi connectivity index (χ0v) is 12.0. The minimum absolute atomic E-state index is 0.000719. The summed E-state index contributed by atoms with van der Waals surface area (Å²) in [4.78, 5) is 13.8. The number of rotatable bonds is 3. The number of hydrogen-bond donors (Lipinski definition) is 0. The third-order valence-corrected chi connectivity index (χ3v) is 5.06. The summed E-state index contributed by atoms with van der Waals surface area (Å²) in [5.41, 5.74) is 0. The fraction of sp³-hybridized carbons (Fsp3) is 0.923. The van der Waals surface area contributed by atoms with Gasteiger partial charge < -0.3 is 4.90 Å². The zero-order chi connectivity index (χ0) is 13.9. The van der Waals surface area contributed by atoms with Crippen molar-refractivity contribution >= 4 is 16.1 Å². The molecule has 1 heterocycles. The smallest absolute Gasteiger partial charge is 0.302 e. The number of hydrogen-bond acceptors (Lipinski definition) is 3. The number of nitrogens with zero attached hydrogens (tertiary/aromatic N) is 1. The first-order valence-electron chi connectivity index (χ1n) is 7.17. The lowest BCUT2D eigenvalue weighted by Crippen LogP contribution is -2.37. The number of likely N-dealkylation sites (tertiary alicyclic amines) is 1. The summed E-state index contributed by atoms with van der Waals surface area (Å²) < 4.78 is 34.1. The molecule has 6 heteroatoms. The summed E-state index contributed by atoms with van der Waals surface area (Å²) in [6.45, 7) is 0.409. The van der Waals surface area contributed by atoms with E-state index in [4.69, 9.17) is 0 Å². The van der Waals surface area contributed by atoms with Gasteiger partial charge in [-0.15, -0.1) is 3.89 Å². The molecule has 1 unspecified atom stereocenters. The van der Waals surface area contributed by atoms with Crippen molar-refractivity contribution in [3.8, 4) is 0 Å². The van der Waals surface area contributed by atoms with Crippen molar-refractivity contribution < 1.29 is 17.1 Å². The van der Waals surface area contributed by atoms with Gasteiger partial charge in [-0.1, -0.05) is 32.1 Å². The quantitative estimate of drug-likeness (QED) is 0.749. The fourth-order valence-electron chi connectivity index (χ4n) is 3.30. The van der Waals surface area contributed by atoms with Gasteiger partial charge in [0.25, 0.3) is 0 Å². The van der Waals surface area contributed by atoms with Crippen LogP contribution in [0, 0.1) is 5.92 Å². The minimum atomic E-state index is -4.48. The largest absolute Gasteiger partial charge is 0.339 e. The Hall–Kier alpha value is -0.650.